The monoisotopic (exact) mass is 211 g/mol. The summed E-state index contributed by atoms with van der Waals surface area (Å²) in [6, 6.07) is 0. The zero-order valence-electron chi connectivity index (χ0n) is 10.8. The first-order chi connectivity index (χ1) is 6.79. The van der Waals surface area contributed by atoms with Crippen LogP contribution in [0.15, 0.2) is 0 Å². The van der Waals surface area contributed by atoms with Crippen molar-refractivity contribution in [2.45, 2.75) is 53.0 Å². The quantitative estimate of drug-likeness (QED) is 0.655. The predicted octanol–water partition coefficient (Wildman–Crippen LogP) is 2.72. The number of carbonyl (C=O) groups excluding carboxylic acids is 1. The molecule has 0 aliphatic carbocycles. The number of likely N-dealkylation sites (tertiary alicyclic amines) is 1. The van der Waals surface area contributed by atoms with Gasteiger partial charge in [0, 0.05) is 11.5 Å². The van der Waals surface area contributed by atoms with Crippen molar-refractivity contribution in [2.24, 2.45) is 11.3 Å². The largest absolute Gasteiger partial charge is 0.303 e. The second kappa shape index (κ2) is 4.25. The average molecular weight is 211 g/mol. The fourth-order valence-corrected chi connectivity index (χ4v) is 2.07. The lowest BCUT2D eigenvalue weighted by atomic mass is 9.74. The van der Waals surface area contributed by atoms with Crippen LogP contribution in [0.2, 0.25) is 0 Å². The first-order valence-corrected chi connectivity index (χ1v) is 5.99. The maximum Gasteiger partial charge on any atom is 0.123 e. The zero-order chi connectivity index (χ0) is 11.7. The highest BCUT2D eigenvalue weighted by atomic mass is 16.1. The fourth-order valence-electron chi connectivity index (χ4n) is 2.07. The molecular weight excluding hydrogens is 186 g/mol. The first-order valence-electron chi connectivity index (χ1n) is 5.99. The third-order valence-corrected chi connectivity index (χ3v) is 4.36. The van der Waals surface area contributed by atoms with Gasteiger partial charge in [0.1, 0.15) is 6.29 Å². The zero-order valence-corrected chi connectivity index (χ0v) is 10.8. The van der Waals surface area contributed by atoms with Gasteiger partial charge >= 0.3 is 0 Å². The molecule has 0 bridgehead atoms. The van der Waals surface area contributed by atoms with E-state index in [9.17, 15) is 4.79 Å². The molecule has 1 heterocycles. The van der Waals surface area contributed by atoms with E-state index in [4.69, 9.17) is 0 Å². The highest BCUT2D eigenvalue weighted by Gasteiger charge is 2.39. The molecule has 0 spiro atoms. The van der Waals surface area contributed by atoms with Gasteiger partial charge in [-0.3, -0.25) is 4.90 Å². The van der Waals surface area contributed by atoms with Crippen LogP contribution < -0.4 is 0 Å². The number of hydrogen-bond donors (Lipinski definition) is 0. The first kappa shape index (κ1) is 12.7. The lowest BCUT2D eigenvalue weighted by Crippen LogP contribution is -2.55. The maximum absolute atomic E-state index is 10.7. The number of rotatable bonds is 2. The number of aldehydes is 1. The molecule has 0 amide bonds. The van der Waals surface area contributed by atoms with Crippen LogP contribution in [0.5, 0.6) is 0 Å². The van der Waals surface area contributed by atoms with Gasteiger partial charge in [0.25, 0.3) is 0 Å². The van der Waals surface area contributed by atoms with Crippen LogP contribution in [-0.4, -0.2) is 29.8 Å². The molecule has 1 rings (SSSR count). The number of piperidine rings is 1. The summed E-state index contributed by atoms with van der Waals surface area (Å²) in [5.41, 5.74) is 0.488. The SMILES string of the molecule is CC(C)(C)C(C)(C)N1CCC(C=O)CC1. The molecule has 1 aliphatic rings. The van der Waals surface area contributed by atoms with Crippen LogP contribution in [0.25, 0.3) is 0 Å². The van der Waals surface area contributed by atoms with Crippen molar-refractivity contribution < 1.29 is 4.79 Å². The molecule has 1 aliphatic heterocycles. The summed E-state index contributed by atoms with van der Waals surface area (Å²) in [6.07, 6.45) is 3.19. The van der Waals surface area contributed by atoms with E-state index in [0.29, 0.717) is 5.92 Å². The van der Waals surface area contributed by atoms with Crippen LogP contribution in [0.3, 0.4) is 0 Å². The van der Waals surface area contributed by atoms with E-state index in [2.05, 4.69) is 39.5 Å². The van der Waals surface area contributed by atoms with E-state index >= 15 is 0 Å². The Kier molecular flexibility index (Phi) is 3.59. The van der Waals surface area contributed by atoms with Gasteiger partial charge in [-0.2, -0.15) is 0 Å². The average Bonchev–Trinajstić information content (AvgIpc) is 2.16. The minimum absolute atomic E-state index is 0.209. The van der Waals surface area contributed by atoms with Crippen molar-refractivity contribution in [1.29, 1.82) is 0 Å². The number of nitrogens with zero attached hydrogens (tertiary/aromatic N) is 1. The van der Waals surface area contributed by atoms with Crippen LogP contribution in [0.4, 0.5) is 0 Å². The lowest BCUT2D eigenvalue weighted by Gasteiger charge is -2.50. The summed E-state index contributed by atoms with van der Waals surface area (Å²) < 4.78 is 0. The van der Waals surface area contributed by atoms with Crippen LogP contribution in [0.1, 0.15) is 47.5 Å². The minimum Gasteiger partial charge on any atom is -0.303 e. The van der Waals surface area contributed by atoms with Crippen LogP contribution in [-0.2, 0) is 4.79 Å². The molecule has 15 heavy (non-hydrogen) atoms. The second-order valence-electron chi connectivity index (χ2n) is 6.27. The molecule has 0 radical (unpaired) electrons. The van der Waals surface area contributed by atoms with E-state index < -0.39 is 0 Å². The molecule has 1 fully saturated rings. The van der Waals surface area contributed by atoms with E-state index in [1.165, 1.54) is 0 Å². The second-order valence-corrected chi connectivity index (χ2v) is 6.27. The molecule has 0 unspecified atom stereocenters. The van der Waals surface area contributed by atoms with E-state index in [1.54, 1.807) is 0 Å². The molecular formula is C13H25NO. The highest BCUT2D eigenvalue weighted by Crippen LogP contribution is 2.37. The number of carbonyl (C=O) groups is 1. The van der Waals surface area contributed by atoms with Gasteiger partial charge in [-0.15, -0.1) is 0 Å². The molecule has 0 aromatic heterocycles. The fraction of sp³-hybridized carbons (Fsp3) is 0.923. The minimum atomic E-state index is 0.209. The smallest absolute Gasteiger partial charge is 0.123 e. The van der Waals surface area contributed by atoms with Crippen molar-refractivity contribution >= 4 is 6.29 Å². The molecule has 0 saturated carbocycles. The van der Waals surface area contributed by atoms with Crippen molar-refractivity contribution in [2.75, 3.05) is 13.1 Å². The Bertz CT molecular complexity index is 219. The van der Waals surface area contributed by atoms with Gasteiger partial charge in [-0.1, -0.05) is 20.8 Å². The Balaban J connectivity index is 2.63. The van der Waals surface area contributed by atoms with Crippen molar-refractivity contribution in [3.8, 4) is 0 Å². The summed E-state index contributed by atoms with van der Waals surface area (Å²) in [5, 5.41) is 0. The molecule has 0 aromatic rings. The summed E-state index contributed by atoms with van der Waals surface area (Å²) in [5.74, 6) is 0.303. The Morgan fingerprint density at radius 1 is 1.07 bits per heavy atom. The summed E-state index contributed by atoms with van der Waals surface area (Å²) in [6.45, 7) is 13.6. The van der Waals surface area contributed by atoms with Gasteiger partial charge in [-0.05, 0) is 45.2 Å². The molecule has 0 atom stereocenters. The molecule has 2 nitrogen and oxygen atoms in total. The summed E-state index contributed by atoms with van der Waals surface area (Å²) >= 11 is 0. The van der Waals surface area contributed by atoms with Gasteiger partial charge in [0.05, 0.1) is 0 Å². The van der Waals surface area contributed by atoms with Gasteiger partial charge in [0.15, 0.2) is 0 Å². The molecule has 0 aromatic carbocycles. The lowest BCUT2D eigenvalue weighted by molar-refractivity contribution is -0.113. The Morgan fingerprint density at radius 3 is 1.87 bits per heavy atom. The predicted molar refractivity (Wildman–Crippen MR) is 63.9 cm³/mol. The van der Waals surface area contributed by atoms with Gasteiger partial charge in [0.2, 0.25) is 0 Å². The molecule has 2 heteroatoms. The van der Waals surface area contributed by atoms with Crippen molar-refractivity contribution in [1.82, 2.24) is 4.90 Å². The highest BCUT2D eigenvalue weighted by molar-refractivity contribution is 5.53. The molecule has 88 valence electrons. The number of hydrogen-bond acceptors (Lipinski definition) is 2. The van der Waals surface area contributed by atoms with Gasteiger partial charge < -0.3 is 4.79 Å². The van der Waals surface area contributed by atoms with Crippen LogP contribution >= 0.6 is 0 Å². The standard InChI is InChI=1S/C13H25NO/c1-12(2,3)13(4,5)14-8-6-11(10-15)7-9-14/h10-11H,6-9H2,1-5H3. The summed E-state index contributed by atoms with van der Waals surface area (Å²) in [7, 11) is 0. The maximum atomic E-state index is 10.7. The van der Waals surface area contributed by atoms with Crippen molar-refractivity contribution in [3.05, 3.63) is 0 Å². The van der Waals surface area contributed by atoms with Crippen LogP contribution in [0, 0.1) is 11.3 Å². The molecule has 0 N–H and O–H groups in total. The third kappa shape index (κ3) is 2.60. The van der Waals surface area contributed by atoms with Gasteiger partial charge in [-0.25, -0.2) is 0 Å². The summed E-state index contributed by atoms with van der Waals surface area (Å²) in [4.78, 5) is 13.2. The molecule has 1 saturated heterocycles. The van der Waals surface area contributed by atoms with E-state index in [0.717, 1.165) is 32.2 Å². The van der Waals surface area contributed by atoms with E-state index in [1.807, 2.05) is 0 Å². The Morgan fingerprint density at radius 2 is 1.53 bits per heavy atom. The van der Waals surface area contributed by atoms with E-state index in [-0.39, 0.29) is 11.0 Å². The normalized spacial score (nSPS) is 21.7. The Labute approximate surface area is 94.0 Å². The topological polar surface area (TPSA) is 20.3 Å². The van der Waals surface area contributed by atoms with Crippen molar-refractivity contribution in [3.63, 3.8) is 0 Å². The Hall–Kier alpha value is -0.370. The third-order valence-electron chi connectivity index (χ3n) is 4.36.